The van der Waals surface area contributed by atoms with Crippen molar-refractivity contribution >= 4 is 23.0 Å². The SMILES string of the molecule is Nc1cncc(C(=O)Nc2ccc(N3CCCCC3)cc2)c1. The van der Waals surface area contributed by atoms with E-state index >= 15 is 0 Å². The number of pyridine rings is 1. The Morgan fingerprint density at radius 2 is 1.82 bits per heavy atom. The summed E-state index contributed by atoms with van der Waals surface area (Å²) in [4.78, 5) is 18.5. The van der Waals surface area contributed by atoms with Gasteiger partial charge in [0.25, 0.3) is 5.91 Å². The molecule has 1 saturated heterocycles. The standard InChI is InChI=1S/C17H20N4O/c18-14-10-13(11-19-12-14)17(22)20-15-4-6-16(7-5-15)21-8-2-1-3-9-21/h4-7,10-12H,1-3,8-9,18H2,(H,20,22). The number of anilines is 3. The van der Waals surface area contributed by atoms with E-state index in [9.17, 15) is 4.79 Å². The Labute approximate surface area is 130 Å². The molecule has 1 aliphatic heterocycles. The van der Waals surface area contributed by atoms with Gasteiger partial charge in [-0.3, -0.25) is 9.78 Å². The average molecular weight is 296 g/mol. The van der Waals surface area contributed by atoms with Crippen LogP contribution in [-0.2, 0) is 0 Å². The van der Waals surface area contributed by atoms with Crippen LogP contribution in [0.2, 0.25) is 0 Å². The highest BCUT2D eigenvalue weighted by Crippen LogP contribution is 2.22. The van der Waals surface area contributed by atoms with Crippen LogP contribution in [0.3, 0.4) is 0 Å². The molecule has 1 fully saturated rings. The number of hydrogen-bond donors (Lipinski definition) is 2. The van der Waals surface area contributed by atoms with E-state index in [0.717, 1.165) is 18.8 Å². The van der Waals surface area contributed by atoms with Crippen LogP contribution in [0.5, 0.6) is 0 Å². The molecule has 3 rings (SSSR count). The molecule has 0 radical (unpaired) electrons. The van der Waals surface area contributed by atoms with E-state index in [4.69, 9.17) is 5.73 Å². The van der Waals surface area contributed by atoms with Crippen molar-refractivity contribution < 1.29 is 4.79 Å². The van der Waals surface area contributed by atoms with Crippen molar-refractivity contribution in [1.29, 1.82) is 0 Å². The van der Waals surface area contributed by atoms with Gasteiger partial charge in [-0.2, -0.15) is 0 Å². The van der Waals surface area contributed by atoms with E-state index in [1.54, 1.807) is 6.07 Å². The molecule has 1 aliphatic rings. The number of piperidine rings is 1. The first kappa shape index (κ1) is 14.4. The fraction of sp³-hybridized carbons (Fsp3) is 0.294. The molecule has 3 N–H and O–H groups in total. The van der Waals surface area contributed by atoms with Crippen LogP contribution in [0.25, 0.3) is 0 Å². The number of nitrogens with two attached hydrogens (primary N) is 1. The van der Waals surface area contributed by atoms with Gasteiger partial charge in [-0.25, -0.2) is 0 Å². The molecular formula is C17H20N4O. The van der Waals surface area contributed by atoms with E-state index in [1.165, 1.54) is 37.3 Å². The summed E-state index contributed by atoms with van der Waals surface area (Å²) in [6, 6.07) is 9.59. The van der Waals surface area contributed by atoms with Crippen LogP contribution >= 0.6 is 0 Å². The van der Waals surface area contributed by atoms with Gasteiger partial charge in [-0.15, -0.1) is 0 Å². The van der Waals surface area contributed by atoms with Gasteiger partial charge in [-0.1, -0.05) is 0 Å². The van der Waals surface area contributed by atoms with Gasteiger partial charge in [0.05, 0.1) is 11.3 Å². The highest BCUT2D eigenvalue weighted by atomic mass is 16.1. The Bertz CT molecular complexity index is 648. The molecule has 22 heavy (non-hydrogen) atoms. The van der Waals surface area contributed by atoms with Crippen molar-refractivity contribution in [2.45, 2.75) is 19.3 Å². The number of rotatable bonds is 3. The Morgan fingerprint density at radius 1 is 1.09 bits per heavy atom. The molecule has 1 aromatic carbocycles. The molecule has 0 spiro atoms. The molecule has 0 aliphatic carbocycles. The second-order valence-corrected chi connectivity index (χ2v) is 5.56. The number of carbonyl (C=O) groups excluding carboxylic acids is 1. The van der Waals surface area contributed by atoms with Gasteiger partial charge in [0.1, 0.15) is 0 Å². The summed E-state index contributed by atoms with van der Waals surface area (Å²) in [5.41, 5.74) is 8.57. The Hall–Kier alpha value is -2.56. The van der Waals surface area contributed by atoms with E-state index in [0.29, 0.717) is 11.3 Å². The second-order valence-electron chi connectivity index (χ2n) is 5.56. The van der Waals surface area contributed by atoms with Crippen LogP contribution in [0.15, 0.2) is 42.7 Å². The quantitative estimate of drug-likeness (QED) is 0.913. The Kier molecular flexibility index (Phi) is 4.23. The molecular weight excluding hydrogens is 276 g/mol. The molecule has 1 aromatic heterocycles. The van der Waals surface area contributed by atoms with Gasteiger partial charge in [0, 0.05) is 36.9 Å². The van der Waals surface area contributed by atoms with Gasteiger partial charge in [-0.05, 0) is 49.6 Å². The lowest BCUT2D eigenvalue weighted by Crippen LogP contribution is -2.29. The van der Waals surface area contributed by atoms with Gasteiger partial charge >= 0.3 is 0 Å². The number of benzene rings is 1. The third kappa shape index (κ3) is 3.36. The minimum atomic E-state index is -0.203. The summed E-state index contributed by atoms with van der Waals surface area (Å²) in [5.74, 6) is -0.203. The summed E-state index contributed by atoms with van der Waals surface area (Å²) in [7, 11) is 0. The number of nitrogens with one attached hydrogen (secondary N) is 1. The number of carbonyl (C=O) groups is 1. The summed E-state index contributed by atoms with van der Waals surface area (Å²) < 4.78 is 0. The number of nitrogens with zero attached hydrogens (tertiary/aromatic N) is 2. The predicted molar refractivity (Wildman–Crippen MR) is 89.1 cm³/mol. The normalized spacial score (nSPS) is 14.6. The maximum absolute atomic E-state index is 12.1. The van der Waals surface area contributed by atoms with Crippen LogP contribution < -0.4 is 16.0 Å². The zero-order valence-corrected chi connectivity index (χ0v) is 12.5. The predicted octanol–water partition coefficient (Wildman–Crippen LogP) is 2.91. The second kappa shape index (κ2) is 6.47. The van der Waals surface area contributed by atoms with Crippen molar-refractivity contribution in [3.8, 4) is 0 Å². The van der Waals surface area contributed by atoms with E-state index in [2.05, 4.69) is 27.3 Å². The van der Waals surface area contributed by atoms with Crippen molar-refractivity contribution in [2.24, 2.45) is 0 Å². The minimum absolute atomic E-state index is 0.203. The summed E-state index contributed by atoms with van der Waals surface area (Å²) in [5, 5.41) is 2.86. The van der Waals surface area contributed by atoms with Crippen molar-refractivity contribution in [2.75, 3.05) is 29.0 Å². The molecule has 0 saturated carbocycles. The van der Waals surface area contributed by atoms with Crippen LogP contribution in [-0.4, -0.2) is 24.0 Å². The molecule has 5 heteroatoms. The lowest BCUT2D eigenvalue weighted by atomic mass is 10.1. The first-order valence-corrected chi connectivity index (χ1v) is 7.59. The first-order valence-electron chi connectivity index (χ1n) is 7.59. The maximum Gasteiger partial charge on any atom is 0.257 e. The monoisotopic (exact) mass is 296 g/mol. The number of hydrogen-bond acceptors (Lipinski definition) is 4. The minimum Gasteiger partial charge on any atom is -0.397 e. The topological polar surface area (TPSA) is 71.2 Å². The van der Waals surface area contributed by atoms with Gasteiger partial charge in [0.2, 0.25) is 0 Å². The first-order chi connectivity index (χ1) is 10.7. The molecule has 2 heterocycles. The summed E-state index contributed by atoms with van der Waals surface area (Å²) in [6.45, 7) is 2.22. The van der Waals surface area contributed by atoms with Crippen LogP contribution in [0.4, 0.5) is 17.1 Å². The third-order valence-electron chi connectivity index (χ3n) is 3.87. The zero-order valence-electron chi connectivity index (χ0n) is 12.5. The van der Waals surface area contributed by atoms with Crippen molar-refractivity contribution in [3.05, 3.63) is 48.3 Å². The number of amides is 1. The molecule has 2 aromatic rings. The van der Waals surface area contributed by atoms with Crippen LogP contribution in [0.1, 0.15) is 29.6 Å². The van der Waals surface area contributed by atoms with Gasteiger partial charge < -0.3 is 16.0 Å². The number of aromatic nitrogens is 1. The van der Waals surface area contributed by atoms with E-state index < -0.39 is 0 Å². The van der Waals surface area contributed by atoms with Crippen molar-refractivity contribution in [1.82, 2.24) is 4.98 Å². The maximum atomic E-state index is 12.1. The molecule has 0 unspecified atom stereocenters. The fourth-order valence-corrected chi connectivity index (χ4v) is 2.69. The smallest absolute Gasteiger partial charge is 0.257 e. The molecule has 1 amide bonds. The van der Waals surface area contributed by atoms with Crippen LogP contribution in [0, 0.1) is 0 Å². The third-order valence-corrected chi connectivity index (χ3v) is 3.87. The molecule has 0 atom stereocenters. The zero-order chi connectivity index (χ0) is 15.4. The molecule has 5 nitrogen and oxygen atoms in total. The van der Waals surface area contributed by atoms with E-state index in [-0.39, 0.29) is 5.91 Å². The lowest BCUT2D eigenvalue weighted by molar-refractivity contribution is 0.102. The Morgan fingerprint density at radius 3 is 2.50 bits per heavy atom. The fourth-order valence-electron chi connectivity index (χ4n) is 2.69. The largest absolute Gasteiger partial charge is 0.397 e. The number of nitrogen functional groups attached to an aromatic ring is 1. The van der Waals surface area contributed by atoms with E-state index in [1.807, 2.05) is 12.1 Å². The molecule has 0 bridgehead atoms. The molecule has 114 valence electrons. The highest BCUT2D eigenvalue weighted by Gasteiger charge is 2.11. The summed E-state index contributed by atoms with van der Waals surface area (Å²) in [6.07, 6.45) is 6.85. The summed E-state index contributed by atoms with van der Waals surface area (Å²) >= 11 is 0. The Balaban J connectivity index is 1.66. The van der Waals surface area contributed by atoms with Crippen molar-refractivity contribution in [3.63, 3.8) is 0 Å². The average Bonchev–Trinajstić information content (AvgIpc) is 2.56. The highest BCUT2D eigenvalue weighted by molar-refractivity contribution is 6.04. The van der Waals surface area contributed by atoms with Gasteiger partial charge in [0.15, 0.2) is 0 Å². The lowest BCUT2D eigenvalue weighted by Gasteiger charge is -2.28.